The number of hydrogen-bond donors (Lipinski definition) is 2. The van der Waals surface area contributed by atoms with E-state index >= 15 is 0 Å². The molecule has 7 heteroatoms. The van der Waals surface area contributed by atoms with Crippen molar-refractivity contribution in [3.05, 3.63) is 30.0 Å². The number of rotatable bonds is 7. The minimum Gasteiger partial charge on any atom is -0.508 e. The topological polar surface area (TPSA) is 85.7 Å². The molecule has 0 bridgehead atoms. The van der Waals surface area contributed by atoms with E-state index in [9.17, 15) is 5.11 Å². The highest BCUT2D eigenvalue weighted by Gasteiger charge is 2.26. The second-order valence-electron chi connectivity index (χ2n) is 8.03. The fourth-order valence-corrected chi connectivity index (χ4v) is 3.82. The zero-order valence-electron chi connectivity index (χ0n) is 17.1. The number of ether oxygens (including phenoxy) is 3. The van der Waals surface area contributed by atoms with Crippen LogP contribution in [0.1, 0.15) is 38.3 Å². The third-order valence-electron chi connectivity index (χ3n) is 5.62. The van der Waals surface area contributed by atoms with Crippen LogP contribution in [0.15, 0.2) is 24.3 Å². The highest BCUT2D eigenvalue weighted by molar-refractivity contribution is 5.72. The van der Waals surface area contributed by atoms with Crippen LogP contribution in [0.4, 0.5) is 5.95 Å². The molecule has 1 saturated carbocycles. The van der Waals surface area contributed by atoms with E-state index in [1.165, 1.54) is 12.8 Å². The van der Waals surface area contributed by atoms with Crippen LogP contribution in [-0.4, -0.2) is 47.5 Å². The summed E-state index contributed by atoms with van der Waals surface area (Å²) in [5, 5.41) is 13.2. The molecule has 1 aliphatic heterocycles. The maximum Gasteiger partial charge on any atom is 0.227 e. The van der Waals surface area contributed by atoms with Gasteiger partial charge in [0.15, 0.2) is 0 Å². The van der Waals surface area contributed by atoms with Crippen LogP contribution in [0.3, 0.4) is 0 Å². The molecule has 1 aromatic heterocycles. The summed E-state index contributed by atoms with van der Waals surface area (Å²) in [6.07, 6.45) is 4.67. The van der Waals surface area contributed by atoms with Crippen LogP contribution >= 0.6 is 0 Å². The Bertz CT molecular complexity index is 816. The van der Waals surface area contributed by atoms with Gasteiger partial charge < -0.3 is 24.6 Å². The predicted octanol–water partition coefficient (Wildman–Crippen LogP) is 3.76. The molecule has 2 heterocycles. The molecule has 2 N–H and O–H groups in total. The number of benzene rings is 1. The van der Waals surface area contributed by atoms with Gasteiger partial charge in [-0.2, -0.15) is 4.98 Å². The highest BCUT2D eigenvalue weighted by atomic mass is 16.6. The van der Waals surface area contributed by atoms with Crippen molar-refractivity contribution in [2.75, 3.05) is 25.6 Å². The number of hydrogen-bond acceptors (Lipinski definition) is 7. The molecule has 0 radical (unpaired) electrons. The van der Waals surface area contributed by atoms with Gasteiger partial charge in [-0.15, -0.1) is 0 Å². The third kappa shape index (κ3) is 4.79. The van der Waals surface area contributed by atoms with Crippen LogP contribution in [0.2, 0.25) is 0 Å². The molecule has 2 aliphatic rings. The Morgan fingerprint density at radius 3 is 2.45 bits per heavy atom. The van der Waals surface area contributed by atoms with Crippen molar-refractivity contribution in [1.82, 2.24) is 9.97 Å². The molecular formula is C22H29N3O4. The van der Waals surface area contributed by atoms with Crippen LogP contribution < -0.4 is 10.1 Å². The third-order valence-corrected chi connectivity index (χ3v) is 5.62. The zero-order chi connectivity index (χ0) is 20.2. The summed E-state index contributed by atoms with van der Waals surface area (Å²) in [5.41, 5.74) is 2.43. The SMILES string of the molecule is COCc1nc(N[C@H]2CC[C@@H](C)CC2)nc(OC2COC2)c1-c1ccc(O)cc1. The van der Waals surface area contributed by atoms with E-state index in [0.717, 1.165) is 35.6 Å². The maximum absolute atomic E-state index is 9.67. The van der Waals surface area contributed by atoms with Crippen molar-refractivity contribution in [2.24, 2.45) is 5.92 Å². The van der Waals surface area contributed by atoms with Crippen molar-refractivity contribution in [2.45, 2.75) is 51.4 Å². The lowest BCUT2D eigenvalue weighted by Gasteiger charge is -2.29. The number of aromatic hydroxyl groups is 1. The van der Waals surface area contributed by atoms with Crippen molar-refractivity contribution < 1.29 is 19.3 Å². The molecular weight excluding hydrogens is 370 g/mol. The van der Waals surface area contributed by atoms with Crippen molar-refractivity contribution in [1.29, 1.82) is 0 Å². The minimum absolute atomic E-state index is 0.0143. The van der Waals surface area contributed by atoms with Crippen LogP contribution in [0, 0.1) is 5.92 Å². The summed E-state index contributed by atoms with van der Waals surface area (Å²) in [4.78, 5) is 9.50. The summed E-state index contributed by atoms with van der Waals surface area (Å²) >= 11 is 0. The van der Waals surface area contributed by atoms with Gasteiger partial charge in [0, 0.05) is 13.2 Å². The van der Waals surface area contributed by atoms with Gasteiger partial charge >= 0.3 is 0 Å². The van der Waals surface area contributed by atoms with Gasteiger partial charge in [-0.05, 0) is 49.3 Å². The van der Waals surface area contributed by atoms with Gasteiger partial charge in [0.2, 0.25) is 11.8 Å². The van der Waals surface area contributed by atoms with E-state index in [4.69, 9.17) is 24.2 Å². The number of aromatic nitrogens is 2. The second-order valence-corrected chi connectivity index (χ2v) is 8.03. The molecule has 1 aliphatic carbocycles. The van der Waals surface area contributed by atoms with E-state index in [-0.39, 0.29) is 11.9 Å². The van der Waals surface area contributed by atoms with Crippen LogP contribution in [0.5, 0.6) is 11.6 Å². The second kappa shape index (κ2) is 8.97. The Morgan fingerprint density at radius 2 is 1.83 bits per heavy atom. The molecule has 1 aromatic carbocycles. The summed E-state index contributed by atoms with van der Waals surface area (Å²) in [7, 11) is 1.65. The van der Waals surface area contributed by atoms with Gasteiger partial charge in [0.1, 0.15) is 11.9 Å². The number of phenolic OH excluding ortho intramolecular Hbond substituents is 1. The summed E-state index contributed by atoms with van der Waals surface area (Å²) in [6, 6.07) is 7.36. The Labute approximate surface area is 171 Å². The number of nitrogens with zero attached hydrogens (tertiary/aromatic N) is 2. The zero-order valence-corrected chi connectivity index (χ0v) is 17.1. The van der Waals surface area contributed by atoms with E-state index in [0.29, 0.717) is 37.7 Å². The normalized spacial score (nSPS) is 22.1. The molecule has 156 valence electrons. The van der Waals surface area contributed by atoms with E-state index in [1.807, 2.05) is 12.1 Å². The maximum atomic E-state index is 9.67. The molecule has 4 rings (SSSR count). The standard InChI is InChI=1S/C22H29N3O4/c1-14-3-7-16(8-4-14)23-22-24-19(13-27-2)20(15-5-9-17(26)10-6-15)21(25-22)29-18-11-28-12-18/h5-6,9-10,14,16,18,26H,3-4,7-8,11-13H2,1-2H3,(H,23,24,25)/t14-,16+. The fraction of sp³-hybridized carbons (Fsp3) is 0.545. The van der Waals surface area contributed by atoms with Crippen LogP contribution in [0.25, 0.3) is 11.1 Å². The van der Waals surface area contributed by atoms with E-state index in [2.05, 4.69) is 12.2 Å². The largest absolute Gasteiger partial charge is 0.508 e. The van der Waals surface area contributed by atoms with Crippen LogP contribution in [-0.2, 0) is 16.1 Å². The van der Waals surface area contributed by atoms with Gasteiger partial charge in [-0.25, -0.2) is 4.98 Å². The summed E-state index contributed by atoms with van der Waals surface area (Å²) in [6.45, 7) is 3.76. The molecule has 29 heavy (non-hydrogen) atoms. The number of anilines is 1. The fourth-order valence-electron chi connectivity index (χ4n) is 3.82. The average Bonchev–Trinajstić information content (AvgIpc) is 2.68. The monoisotopic (exact) mass is 399 g/mol. The molecule has 7 nitrogen and oxygen atoms in total. The van der Waals surface area contributed by atoms with E-state index in [1.54, 1.807) is 19.2 Å². The molecule has 2 aromatic rings. The number of methoxy groups -OCH3 is 1. The van der Waals surface area contributed by atoms with Crippen molar-refractivity contribution in [3.8, 4) is 22.8 Å². The first-order valence-corrected chi connectivity index (χ1v) is 10.3. The smallest absolute Gasteiger partial charge is 0.227 e. The first kappa shape index (κ1) is 19.9. The Morgan fingerprint density at radius 1 is 1.10 bits per heavy atom. The number of nitrogens with one attached hydrogen (secondary N) is 1. The van der Waals surface area contributed by atoms with E-state index < -0.39 is 0 Å². The quantitative estimate of drug-likeness (QED) is 0.733. The van der Waals surface area contributed by atoms with Crippen molar-refractivity contribution in [3.63, 3.8) is 0 Å². The molecule has 0 unspecified atom stereocenters. The van der Waals surface area contributed by atoms with Gasteiger partial charge in [0.25, 0.3) is 0 Å². The Hall–Kier alpha value is -2.38. The Balaban J connectivity index is 1.68. The lowest BCUT2D eigenvalue weighted by atomic mass is 9.87. The van der Waals surface area contributed by atoms with Gasteiger partial charge in [0.05, 0.1) is 31.1 Å². The predicted molar refractivity (Wildman–Crippen MR) is 110 cm³/mol. The molecule has 0 amide bonds. The minimum atomic E-state index is -0.0143. The first-order chi connectivity index (χ1) is 14.1. The van der Waals surface area contributed by atoms with Gasteiger partial charge in [-0.1, -0.05) is 19.1 Å². The van der Waals surface area contributed by atoms with Crippen molar-refractivity contribution >= 4 is 5.95 Å². The number of phenols is 1. The molecule has 1 saturated heterocycles. The highest BCUT2D eigenvalue weighted by Crippen LogP contribution is 2.35. The van der Waals surface area contributed by atoms with Gasteiger partial charge in [-0.3, -0.25) is 0 Å². The summed E-state index contributed by atoms with van der Waals surface area (Å²) in [5.74, 6) is 2.10. The average molecular weight is 399 g/mol. The first-order valence-electron chi connectivity index (χ1n) is 10.3. The lowest BCUT2D eigenvalue weighted by Crippen LogP contribution is -2.39. The molecule has 0 spiro atoms. The molecule has 2 fully saturated rings. The lowest BCUT2D eigenvalue weighted by molar-refractivity contribution is -0.0811. The summed E-state index contributed by atoms with van der Waals surface area (Å²) < 4.78 is 16.9. The molecule has 0 atom stereocenters. The Kier molecular flexibility index (Phi) is 6.16.